The summed E-state index contributed by atoms with van der Waals surface area (Å²) in [6.45, 7) is 1.84. The Morgan fingerprint density at radius 3 is 2.58 bits per heavy atom. The molecule has 19 heavy (non-hydrogen) atoms. The van der Waals surface area contributed by atoms with E-state index < -0.39 is 17.7 Å². The van der Waals surface area contributed by atoms with Crippen LogP contribution in [-0.4, -0.2) is 17.6 Å². The summed E-state index contributed by atoms with van der Waals surface area (Å²) in [7, 11) is 0. The lowest BCUT2D eigenvalue weighted by Gasteiger charge is -2.13. The van der Waals surface area contributed by atoms with Gasteiger partial charge in [-0.2, -0.15) is 13.2 Å². The van der Waals surface area contributed by atoms with Crippen molar-refractivity contribution in [3.05, 3.63) is 47.0 Å². The smallest absolute Gasteiger partial charge is 0.416 e. The number of carbonyl (C=O) groups is 1. The summed E-state index contributed by atoms with van der Waals surface area (Å²) in [6, 6.07) is 5.29. The van der Waals surface area contributed by atoms with Gasteiger partial charge in [0.25, 0.3) is 0 Å². The van der Waals surface area contributed by atoms with Crippen LogP contribution >= 0.6 is 0 Å². The van der Waals surface area contributed by atoms with Gasteiger partial charge in [-0.1, -0.05) is 23.8 Å². The Hall–Kier alpha value is -1.82. The molecule has 0 fully saturated rings. The zero-order valence-electron chi connectivity index (χ0n) is 10.3. The van der Waals surface area contributed by atoms with Gasteiger partial charge in [-0.25, -0.2) is 4.79 Å². The summed E-state index contributed by atoms with van der Waals surface area (Å²) in [6.07, 6.45) is -3.37. The van der Waals surface area contributed by atoms with Crippen LogP contribution in [0.3, 0.4) is 0 Å². The average Bonchev–Trinajstić information content (AvgIpc) is 2.27. The summed E-state index contributed by atoms with van der Waals surface area (Å²) in [4.78, 5) is 10.4. The molecule has 0 saturated carbocycles. The minimum atomic E-state index is -4.38. The second kappa shape index (κ2) is 6.38. The highest BCUT2D eigenvalue weighted by atomic mass is 19.4. The van der Waals surface area contributed by atoms with E-state index in [-0.39, 0.29) is 18.7 Å². The molecule has 104 valence electrons. The van der Waals surface area contributed by atoms with Gasteiger partial charge in [-0.05, 0) is 18.6 Å². The third-order valence-electron chi connectivity index (χ3n) is 2.41. The Morgan fingerprint density at radius 1 is 1.37 bits per heavy atom. The van der Waals surface area contributed by atoms with Gasteiger partial charge in [0.1, 0.15) is 0 Å². The highest BCUT2D eigenvalue weighted by Crippen LogP contribution is 2.31. The molecule has 1 aromatic carbocycles. The summed E-state index contributed by atoms with van der Waals surface area (Å²) < 4.78 is 38.1. The number of hydrogen-bond donors (Lipinski definition) is 2. The Balaban J connectivity index is 2.67. The monoisotopic (exact) mass is 273 g/mol. The standard InChI is InChI=1S/C13H14F3NO2/c1-9(6-12(18)19)7-17-8-10-4-2-3-5-11(10)13(14,15)16/h2-6,17H,7-8H2,1H3,(H,18,19)/b9-6-. The molecular weight excluding hydrogens is 259 g/mol. The zero-order valence-corrected chi connectivity index (χ0v) is 10.3. The molecule has 0 saturated heterocycles. The molecule has 0 aliphatic carbocycles. The number of rotatable bonds is 5. The first kappa shape index (κ1) is 15.2. The van der Waals surface area contributed by atoms with Crippen LogP contribution in [0.2, 0.25) is 0 Å². The van der Waals surface area contributed by atoms with Crippen molar-refractivity contribution >= 4 is 5.97 Å². The topological polar surface area (TPSA) is 49.3 Å². The van der Waals surface area contributed by atoms with Gasteiger partial charge in [-0.15, -0.1) is 0 Å². The van der Waals surface area contributed by atoms with Crippen LogP contribution in [0.25, 0.3) is 0 Å². The third-order valence-corrected chi connectivity index (χ3v) is 2.41. The fourth-order valence-corrected chi connectivity index (χ4v) is 1.61. The second-order valence-corrected chi connectivity index (χ2v) is 4.09. The number of nitrogens with one attached hydrogen (secondary N) is 1. The van der Waals surface area contributed by atoms with Crippen molar-refractivity contribution in [2.75, 3.05) is 6.54 Å². The van der Waals surface area contributed by atoms with E-state index in [0.717, 1.165) is 12.1 Å². The van der Waals surface area contributed by atoms with Gasteiger partial charge in [0.05, 0.1) is 5.56 Å². The van der Waals surface area contributed by atoms with Crippen LogP contribution in [0.4, 0.5) is 13.2 Å². The fraction of sp³-hybridized carbons (Fsp3) is 0.308. The second-order valence-electron chi connectivity index (χ2n) is 4.09. The SMILES string of the molecule is C/C(=C/C(=O)O)CNCc1ccccc1C(F)(F)F. The van der Waals surface area contributed by atoms with E-state index >= 15 is 0 Å². The first-order chi connectivity index (χ1) is 8.80. The minimum absolute atomic E-state index is 0.0283. The largest absolute Gasteiger partial charge is 0.478 e. The molecule has 3 nitrogen and oxygen atoms in total. The van der Waals surface area contributed by atoms with Crippen molar-refractivity contribution in [2.45, 2.75) is 19.6 Å². The summed E-state index contributed by atoms with van der Waals surface area (Å²) in [5, 5.41) is 11.3. The Bertz CT molecular complexity index is 481. The van der Waals surface area contributed by atoms with E-state index in [0.29, 0.717) is 5.57 Å². The van der Waals surface area contributed by atoms with Gasteiger partial charge in [0, 0.05) is 19.2 Å². The van der Waals surface area contributed by atoms with Crippen LogP contribution in [0.5, 0.6) is 0 Å². The van der Waals surface area contributed by atoms with Crippen LogP contribution in [0, 0.1) is 0 Å². The zero-order chi connectivity index (χ0) is 14.5. The number of halogens is 3. The molecule has 0 aromatic heterocycles. The normalized spacial score (nSPS) is 12.5. The Labute approximate surface area is 108 Å². The number of hydrogen-bond acceptors (Lipinski definition) is 2. The minimum Gasteiger partial charge on any atom is -0.478 e. The van der Waals surface area contributed by atoms with Gasteiger partial charge in [-0.3, -0.25) is 0 Å². The average molecular weight is 273 g/mol. The first-order valence-electron chi connectivity index (χ1n) is 5.56. The molecular formula is C13H14F3NO2. The molecule has 2 N–H and O–H groups in total. The predicted molar refractivity (Wildman–Crippen MR) is 64.5 cm³/mol. The molecule has 0 atom stereocenters. The summed E-state index contributed by atoms with van der Waals surface area (Å²) in [5.74, 6) is -1.07. The van der Waals surface area contributed by atoms with Crippen molar-refractivity contribution in [1.82, 2.24) is 5.32 Å². The lowest BCUT2D eigenvalue weighted by Crippen LogP contribution is -2.19. The summed E-state index contributed by atoms with van der Waals surface area (Å²) in [5.41, 5.74) is -0.00233. The van der Waals surface area contributed by atoms with Crippen LogP contribution in [0.15, 0.2) is 35.9 Å². The lowest BCUT2D eigenvalue weighted by molar-refractivity contribution is -0.138. The van der Waals surface area contributed by atoms with Crippen molar-refractivity contribution in [3.63, 3.8) is 0 Å². The van der Waals surface area contributed by atoms with E-state index in [1.54, 1.807) is 6.92 Å². The van der Waals surface area contributed by atoms with Gasteiger partial charge >= 0.3 is 12.1 Å². The van der Waals surface area contributed by atoms with Crippen molar-refractivity contribution in [3.8, 4) is 0 Å². The number of alkyl halides is 3. The van der Waals surface area contributed by atoms with E-state index in [9.17, 15) is 18.0 Å². The third kappa shape index (κ3) is 5.13. The van der Waals surface area contributed by atoms with E-state index in [1.807, 2.05) is 0 Å². The maximum absolute atomic E-state index is 12.7. The number of benzene rings is 1. The van der Waals surface area contributed by atoms with Crippen LogP contribution in [-0.2, 0) is 17.5 Å². The highest BCUT2D eigenvalue weighted by molar-refractivity contribution is 5.80. The predicted octanol–water partition coefficient (Wildman–Crippen LogP) is 2.83. The Kier molecular flexibility index (Phi) is 5.11. The quantitative estimate of drug-likeness (QED) is 0.811. The molecule has 0 heterocycles. The molecule has 1 rings (SSSR count). The van der Waals surface area contributed by atoms with Gasteiger partial charge in [0.2, 0.25) is 0 Å². The summed E-state index contributed by atoms with van der Waals surface area (Å²) >= 11 is 0. The molecule has 0 aliphatic rings. The number of carboxylic acids is 1. The molecule has 6 heteroatoms. The Morgan fingerprint density at radius 2 is 2.00 bits per heavy atom. The fourth-order valence-electron chi connectivity index (χ4n) is 1.61. The highest BCUT2D eigenvalue weighted by Gasteiger charge is 2.32. The van der Waals surface area contributed by atoms with Gasteiger partial charge < -0.3 is 10.4 Å². The van der Waals surface area contributed by atoms with Crippen molar-refractivity contribution < 1.29 is 23.1 Å². The van der Waals surface area contributed by atoms with Gasteiger partial charge in [0.15, 0.2) is 0 Å². The molecule has 0 aliphatic heterocycles. The molecule has 0 unspecified atom stereocenters. The van der Waals surface area contributed by atoms with Crippen LogP contribution in [0.1, 0.15) is 18.1 Å². The first-order valence-corrected chi connectivity index (χ1v) is 5.56. The lowest BCUT2D eigenvalue weighted by atomic mass is 10.1. The number of carboxylic acid groups (broad SMARTS) is 1. The van der Waals surface area contributed by atoms with Crippen molar-refractivity contribution in [1.29, 1.82) is 0 Å². The maximum atomic E-state index is 12.7. The molecule has 0 amide bonds. The van der Waals surface area contributed by atoms with Crippen molar-refractivity contribution in [2.24, 2.45) is 0 Å². The maximum Gasteiger partial charge on any atom is 0.416 e. The molecule has 1 aromatic rings. The number of aliphatic carboxylic acids is 1. The molecule has 0 spiro atoms. The van der Waals surface area contributed by atoms with E-state index in [2.05, 4.69) is 5.32 Å². The molecule has 0 bridgehead atoms. The van der Waals surface area contributed by atoms with Crippen LogP contribution < -0.4 is 5.32 Å². The van der Waals surface area contributed by atoms with E-state index in [4.69, 9.17) is 5.11 Å². The van der Waals surface area contributed by atoms with E-state index in [1.165, 1.54) is 18.2 Å². The molecule has 0 radical (unpaired) electrons.